The van der Waals surface area contributed by atoms with Gasteiger partial charge in [0.2, 0.25) is 0 Å². The largest absolute Gasteiger partial charge is 0.299 e. The summed E-state index contributed by atoms with van der Waals surface area (Å²) in [5.74, 6) is 0.916. The zero-order valence-electron chi connectivity index (χ0n) is 10.4. The second kappa shape index (κ2) is 5.48. The SMILES string of the molecule is CCCCCC/C=C/C1CC(=O)C1(C)C. The van der Waals surface area contributed by atoms with Crippen molar-refractivity contribution in [3.05, 3.63) is 12.2 Å². The molecule has 0 bridgehead atoms. The maximum absolute atomic E-state index is 11.3. The molecule has 1 aliphatic carbocycles. The highest BCUT2D eigenvalue weighted by molar-refractivity contribution is 5.91. The fourth-order valence-corrected chi connectivity index (χ4v) is 2.05. The van der Waals surface area contributed by atoms with Gasteiger partial charge < -0.3 is 0 Å². The highest BCUT2D eigenvalue weighted by Gasteiger charge is 2.45. The third-order valence-corrected chi connectivity index (χ3v) is 3.64. The Kier molecular flexibility index (Phi) is 4.56. The van der Waals surface area contributed by atoms with Gasteiger partial charge in [-0.2, -0.15) is 0 Å². The summed E-state index contributed by atoms with van der Waals surface area (Å²) in [6.45, 7) is 6.36. The van der Waals surface area contributed by atoms with E-state index in [1.165, 1.54) is 32.1 Å². The van der Waals surface area contributed by atoms with Gasteiger partial charge in [-0.05, 0) is 18.8 Å². The van der Waals surface area contributed by atoms with E-state index < -0.39 is 0 Å². The summed E-state index contributed by atoms with van der Waals surface area (Å²) in [7, 11) is 0. The highest BCUT2D eigenvalue weighted by atomic mass is 16.1. The van der Waals surface area contributed by atoms with Crippen molar-refractivity contribution in [3.8, 4) is 0 Å². The van der Waals surface area contributed by atoms with Gasteiger partial charge in [0.15, 0.2) is 0 Å². The Hall–Kier alpha value is -0.590. The van der Waals surface area contributed by atoms with Gasteiger partial charge in [-0.1, -0.05) is 52.2 Å². The Morgan fingerprint density at radius 3 is 2.60 bits per heavy atom. The second-order valence-electron chi connectivity index (χ2n) is 5.23. The van der Waals surface area contributed by atoms with Gasteiger partial charge in [-0.15, -0.1) is 0 Å². The number of allylic oxidation sites excluding steroid dienone is 2. The molecule has 0 spiro atoms. The zero-order chi connectivity index (χ0) is 11.3. The third kappa shape index (κ3) is 3.19. The number of ketones is 1. The number of hydrogen-bond acceptors (Lipinski definition) is 1. The van der Waals surface area contributed by atoms with E-state index in [1.54, 1.807) is 0 Å². The predicted molar refractivity (Wildman–Crippen MR) is 64.8 cm³/mol. The minimum atomic E-state index is -0.0834. The Morgan fingerprint density at radius 1 is 1.33 bits per heavy atom. The van der Waals surface area contributed by atoms with Crippen molar-refractivity contribution in [2.45, 2.75) is 59.3 Å². The van der Waals surface area contributed by atoms with Crippen LogP contribution in [0.25, 0.3) is 0 Å². The van der Waals surface area contributed by atoms with E-state index in [1.807, 2.05) is 0 Å². The average molecular weight is 208 g/mol. The first-order valence-electron chi connectivity index (χ1n) is 6.29. The molecule has 1 aliphatic rings. The predicted octanol–water partition coefficient (Wildman–Crippen LogP) is 4.13. The van der Waals surface area contributed by atoms with Crippen molar-refractivity contribution in [3.63, 3.8) is 0 Å². The fourth-order valence-electron chi connectivity index (χ4n) is 2.05. The van der Waals surface area contributed by atoms with E-state index in [0.717, 1.165) is 6.42 Å². The van der Waals surface area contributed by atoms with Crippen molar-refractivity contribution >= 4 is 5.78 Å². The lowest BCUT2D eigenvalue weighted by atomic mass is 9.61. The van der Waals surface area contributed by atoms with Crippen molar-refractivity contribution in [2.24, 2.45) is 11.3 Å². The Morgan fingerprint density at radius 2 is 2.07 bits per heavy atom. The summed E-state index contributed by atoms with van der Waals surface area (Å²) in [6, 6.07) is 0. The Balaban J connectivity index is 2.14. The molecule has 15 heavy (non-hydrogen) atoms. The fraction of sp³-hybridized carbons (Fsp3) is 0.786. The van der Waals surface area contributed by atoms with Crippen LogP contribution >= 0.6 is 0 Å². The molecule has 0 aromatic carbocycles. The van der Waals surface area contributed by atoms with Crippen LogP contribution in [0.5, 0.6) is 0 Å². The summed E-state index contributed by atoms with van der Waals surface area (Å²) >= 11 is 0. The molecule has 0 aromatic rings. The number of carbonyl (C=O) groups is 1. The van der Waals surface area contributed by atoms with Crippen LogP contribution in [0.15, 0.2) is 12.2 Å². The minimum Gasteiger partial charge on any atom is -0.299 e. The first-order valence-corrected chi connectivity index (χ1v) is 6.29. The summed E-state index contributed by atoms with van der Waals surface area (Å²) < 4.78 is 0. The molecule has 0 radical (unpaired) electrons. The van der Waals surface area contributed by atoms with Gasteiger partial charge in [0.05, 0.1) is 0 Å². The number of rotatable bonds is 6. The number of unbranched alkanes of at least 4 members (excludes halogenated alkanes) is 4. The molecule has 1 fully saturated rings. The Bertz CT molecular complexity index is 238. The number of carbonyl (C=O) groups excluding carboxylic acids is 1. The molecule has 0 amide bonds. The first-order chi connectivity index (χ1) is 7.09. The third-order valence-electron chi connectivity index (χ3n) is 3.64. The van der Waals surface area contributed by atoms with Crippen LogP contribution in [0.4, 0.5) is 0 Å². The molecular formula is C14H24O. The molecule has 0 N–H and O–H groups in total. The normalized spacial score (nSPS) is 24.5. The highest BCUT2D eigenvalue weighted by Crippen LogP contribution is 2.43. The van der Waals surface area contributed by atoms with Crippen molar-refractivity contribution in [2.75, 3.05) is 0 Å². The van der Waals surface area contributed by atoms with Gasteiger partial charge in [0.1, 0.15) is 5.78 Å². The van der Waals surface area contributed by atoms with E-state index in [2.05, 4.69) is 32.9 Å². The smallest absolute Gasteiger partial charge is 0.139 e. The lowest BCUT2D eigenvalue weighted by Gasteiger charge is -2.40. The lowest BCUT2D eigenvalue weighted by Crippen LogP contribution is -2.44. The summed E-state index contributed by atoms with van der Waals surface area (Å²) in [5, 5.41) is 0. The first kappa shape index (κ1) is 12.5. The molecule has 86 valence electrons. The van der Waals surface area contributed by atoms with E-state index in [0.29, 0.717) is 11.7 Å². The summed E-state index contributed by atoms with van der Waals surface area (Å²) in [4.78, 5) is 11.3. The van der Waals surface area contributed by atoms with E-state index in [-0.39, 0.29) is 5.41 Å². The molecule has 1 atom stereocenters. The van der Waals surface area contributed by atoms with Gasteiger partial charge in [-0.3, -0.25) is 4.79 Å². The maximum Gasteiger partial charge on any atom is 0.139 e. The van der Waals surface area contributed by atoms with Crippen molar-refractivity contribution in [1.82, 2.24) is 0 Å². The molecular weight excluding hydrogens is 184 g/mol. The van der Waals surface area contributed by atoms with Crippen LogP contribution < -0.4 is 0 Å². The molecule has 0 aliphatic heterocycles. The van der Waals surface area contributed by atoms with E-state index in [4.69, 9.17) is 0 Å². The molecule has 1 unspecified atom stereocenters. The van der Waals surface area contributed by atoms with Crippen LogP contribution in [0.3, 0.4) is 0 Å². The average Bonchev–Trinajstić information content (AvgIpc) is 2.21. The molecule has 1 saturated carbocycles. The molecule has 1 heteroatoms. The van der Waals surface area contributed by atoms with Crippen LogP contribution in [0.1, 0.15) is 59.3 Å². The molecule has 0 heterocycles. The van der Waals surface area contributed by atoms with Gasteiger partial charge in [-0.25, -0.2) is 0 Å². The minimum absolute atomic E-state index is 0.0834. The van der Waals surface area contributed by atoms with Crippen LogP contribution in [-0.4, -0.2) is 5.78 Å². The molecule has 1 nitrogen and oxygen atoms in total. The lowest BCUT2D eigenvalue weighted by molar-refractivity contribution is -0.139. The topological polar surface area (TPSA) is 17.1 Å². The van der Waals surface area contributed by atoms with Gasteiger partial charge in [0, 0.05) is 11.8 Å². The van der Waals surface area contributed by atoms with Crippen molar-refractivity contribution in [1.29, 1.82) is 0 Å². The van der Waals surface area contributed by atoms with Crippen LogP contribution in [-0.2, 0) is 4.79 Å². The van der Waals surface area contributed by atoms with Gasteiger partial charge >= 0.3 is 0 Å². The second-order valence-corrected chi connectivity index (χ2v) is 5.23. The summed E-state index contributed by atoms with van der Waals surface area (Å²) in [5.41, 5.74) is -0.0834. The molecule has 0 aromatic heterocycles. The zero-order valence-corrected chi connectivity index (χ0v) is 10.4. The number of hydrogen-bond donors (Lipinski definition) is 0. The van der Waals surface area contributed by atoms with E-state index >= 15 is 0 Å². The quantitative estimate of drug-likeness (QED) is 0.474. The van der Waals surface area contributed by atoms with Crippen molar-refractivity contribution < 1.29 is 4.79 Å². The number of Topliss-reactive ketones (excluding diaryl/α,β-unsaturated/α-hetero) is 1. The molecule has 0 saturated heterocycles. The standard InChI is InChI=1S/C14H24O/c1-4-5-6-7-8-9-10-12-11-13(15)14(12,2)3/h9-10,12H,4-8,11H2,1-3H3/b10-9+. The van der Waals surface area contributed by atoms with Crippen LogP contribution in [0, 0.1) is 11.3 Å². The maximum atomic E-state index is 11.3. The monoisotopic (exact) mass is 208 g/mol. The van der Waals surface area contributed by atoms with Gasteiger partial charge in [0.25, 0.3) is 0 Å². The molecule has 1 rings (SSSR count). The summed E-state index contributed by atoms with van der Waals surface area (Å²) in [6.07, 6.45) is 11.8. The Labute approximate surface area is 93.9 Å². The van der Waals surface area contributed by atoms with Crippen LogP contribution in [0.2, 0.25) is 0 Å². The van der Waals surface area contributed by atoms with E-state index in [9.17, 15) is 4.79 Å².